The standard InChI is InChI=1S/C11H18F3NO3/c1-7-5-15(6-9(16)11(12,13)14)4-3-8(7)10(17)18-2/h7-9,16H,3-6H2,1-2H3/t7-,8-,9-/m1/s1. The van der Waals surface area contributed by atoms with E-state index in [4.69, 9.17) is 5.11 Å². The van der Waals surface area contributed by atoms with E-state index in [0.29, 0.717) is 19.5 Å². The summed E-state index contributed by atoms with van der Waals surface area (Å²) >= 11 is 0. The number of carbonyl (C=O) groups excluding carboxylic acids is 1. The summed E-state index contributed by atoms with van der Waals surface area (Å²) in [5.74, 6) is -0.667. The highest BCUT2D eigenvalue weighted by Gasteiger charge is 2.41. The first-order valence-electron chi connectivity index (χ1n) is 5.80. The Bertz CT molecular complexity index is 296. The zero-order valence-corrected chi connectivity index (χ0v) is 10.4. The fourth-order valence-electron chi connectivity index (χ4n) is 2.25. The summed E-state index contributed by atoms with van der Waals surface area (Å²) in [4.78, 5) is 12.9. The highest BCUT2D eigenvalue weighted by Crippen LogP contribution is 2.26. The third kappa shape index (κ3) is 3.84. The van der Waals surface area contributed by atoms with Crippen LogP contribution in [-0.4, -0.2) is 55.0 Å². The summed E-state index contributed by atoms with van der Waals surface area (Å²) < 4.78 is 41.3. The van der Waals surface area contributed by atoms with Crippen molar-refractivity contribution < 1.29 is 27.8 Å². The van der Waals surface area contributed by atoms with Crippen LogP contribution < -0.4 is 0 Å². The van der Waals surface area contributed by atoms with Crippen molar-refractivity contribution in [1.29, 1.82) is 0 Å². The number of rotatable bonds is 3. The van der Waals surface area contributed by atoms with Crippen LogP contribution in [0.5, 0.6) is 0 Å². The fourth-order valence-corrected chi connectivity index (χ4v) is 2.25. The number of piperidine rings is 1. The Hall–Kier alpha value is -0.820. The summed E-state index contributed by atoms with van der Waals surface area (Å²) in [6.07, 6.45) is -6.47. The maximum absolute atomic E-state index is 12.2. The van der Waals surface area contributed by atoms with E-state index in [2.05, 4.69) is 4.74 Å². The van der Waals surface area contributed by atoms with Gasteiger partial charge in [-0.05, 0) is 18.9 Å². The number of carbonyl (C=O) groups is 1. The van der Waals surface area contributed by atoms with Gasteiger partial charge in [0.05, 0.1) is 13.0 Å². The molecule has 3 atom stereocenters. The van der Waals surface area contributed by atoms with Crippen LogP contribution in [0.4, 0.5) is 13.2 Å². The first kappa shape index (κ1) is 15.2. The van der Waals surface area contributed by atoms with Gasteiger partial charge in [-0.1, -0.05) is 6.92 Å². The summed E-state index contributed by atoms with van der Waals surface area (Å²) in [7, 11) is 1.30. The maximum Gasteiger partial charge on any atom is 0.415 e. The zero-order valence-electron chi connectivity index (χ0n) is 10.4. The van der Waals surface area contributed by atoms with Crippen LogP contribution >= 0.6 is 0 Å². The van der Waals surface area contributed by atoms with Gasteiger partial charge in [0.15, 0.2) is 6.10 Å². The normalized spacial score (nSPS) is 27.9. The van der Waals surface area contributed by atoms with E-state index in [1.54, 1.807) is 6.92 Å². The second kappa shape index (κ2) is 5.88. The number of nitrogens with zero attached hydrogens (tertiary/aromatic N) is 1. The lowest BCUT2D eigenvalue weighted by atomic mass is 9.87. The molecule has 106 valence electrons. The van der Waals surface area contributed by atoms with Crippen molar-refractivity contribution in [3.63, 3.8) is 0 Å². The van der Waals surface area contributed by atoms with E-state index in [1.165, 1.54) is 12.0 Å². The Morgan fingerprint density at radius 1 is 1.56 bits per heavy atom. The van der Waals surface area contributed by atoms with Gasteiger partial charge in [0.2, 0.25) is 0 Å². The molecule has 18 heavy (non-hydrogen) atoms. The third-order valence-corrected chi connectivity index (χ3v) is 3.30. The van der Waals surface area contributed by atoms with Gasteiger partial charge in [-0.2, -0.15) is 13.2 Å². The number of aliphatic hydroxyl groups excluding tert-OH is 1. The Kier molecular flexibility index (Phi) is 4.98. The summed E-state index contributed by atoms with van der Waals surface area (Å²) in [6, 6.07) is 0. The SMILES string of the molecule is COC(=O)[C@@H]1CCN(C[C@@H](O)C(F)(F)F)C[C@H]1C. The molecule has 0 amide bonds. The molecule has 0 radical (unpaired) electrons. The molecule has 0 aliphatic carbocycles. The molecule has 1 rings (SSSR count). The number of likely N-dealkylation sites (tertiary alicyclic amines) is 1. The van der Waals surface area contributed by atoms with Gasteiger partial charge in [0, 0.05) is 13.1 Å². The van der Waals surface area contributed by atoms with Crippen molar-refractivity contribution in [1.82, 2.24) is 4.90 Å². The average Bonchev–Trinajstić information content (AvgIpc) is 2.27. The molecule has 1 fully saturated rings. The molecule has 7 heteroatoms. The smallest absolute Gasteiger partial charge is 0.415 e. The second-order valence-corrected chi connectivity index (χ2v) is 4.71. The van der Waals surface area contributed by atoms with Gasteiger partial charge in [-0.15, -0.1) is 0 Å². The zero-order chi connectivity index (χ0) is 13.9. The van der Waals surface area contributed by atoms with Gasteiger partial charge in [0.1, 0.15) is 0 Å². The number of hydrogen-bond acceptors (Lipinski definition) is 4. The molecular weight excluding hydrogens is 251 g/mol. The van der Waals surface area contributed by atoms with Crippen LogP contribution in [0.3, 0.4) is 0 Å². The third-order valence-electron chi connectivity index (χ3n) is 3.30. The van der Waals surface area contributed by atoms with E-state index < -0.39 is 18.8 Å². The van der Waals surface area contributed by atoms with Gasteiger partial charge in [-0.3, -0.25) is 4.79 Å². The molecule has 0 aromatic rings. The summed E-state index contributed by atoms with van der Waals surface area (Å²) in [6.45, 7) is 2.07. The topological polar surface area (TPSA) is 49.8 Å². The minimum absolute atomic E-state index is 0.0772. The average molecular weight is 269 g/mol. The van der Waals surface area contributed by atoms with Crippen LogP contribution in [0.1, 0.15) is 13.3 Å². The monoisotopic (exact) mass is 269 g/mol. The molecule has 0 bridgehead atoms. The van der Waals surface area contributed by atoms with Crippen molar-refractivity contribution in [2.45, 2.75) is 25.6 Å². The van der Waals surface area contributed by atoms with Gasteiger partial charge in [0.25, 0.3) is 0 Å². The Balaban J connectivity index is 2.49. The first-order chi connectivity index (χ1) is 8.25. The molecule has 1 heterocycles. The van der Waals surface area contributed by atoms with E-state index in [0.717, 1.165) is 0 Å². The second-order valence-electron chi connectivity index (χ2n) is 4.71. The number of methoxy groups -OCH3 is 1. The molecule has 1 N–H and O–H groups in total. The molecule has 0 saturated carbocycles. The lowest BCUT2D eigenvalue weighted by molar-refractivity contribution is -0.209. The van der Waals surface area contributed by atoms with Crippen LogP contribution in [0.2, 0.25) is 0 Å². The van der Waals surface area contributed by atoms with E-state index in [9.17, 15) is 18.0 Å². The highest BCUT2D eigenvalue weighted by molar-refractivity contribution is 5.72. The van der Waals surface area contributed by atoms with Crippen molar-refractivity contribution in [2.24, 2.45) is 11.8 Å². The van der Waals surface area contributed by atoms with Crippen LogP contribution in [0, 0.1) is 11.8 Å². The van der Waals surface area contributed by atoms with E-state index in [-0.39, 0.29) is 17.8 Å². The predicted molar refractivity (Wildman–Crippen MR) is 57.8 cm³/mol. The first-order valence-corrected chi connectivity index (χ1v) is 5.80. The molecule has 0 aromatic heterocycles. The number of halogens is 3. The van der Waals surface area contributed by atoms with Gasteiger partial charge in [-0.25, -0.2) is 0 Å². The lowest BCUT2D eigenvalue weighted by Crippen LogP contribution is -2.48. The highest BCUT2D eigenvalue weighted by atomic mass is 19.4. The van der Waals surface area contributed by atoms with E-state index >= 15 is 0 Å². The van der Waals surface area contributed by atoms with Crippen molar-refractivity contribution >= 4 is 5.97 Å². The van der Waals surface area contributed by atoms with Crippen LogP contribution in [-0.2, 0) is 9.53 Å². The van der Waals surface area contributed by atoms with Crippen LogP contribution in [0.15, 0.2) is 0 Å². The number of β-amino-alcohol motifs (C(OH)–C–C–N with tert-alkyl or cyclic N) is 1. The van der Waals surface area contributed by atoms with Crippen molar-refractivity contribution in [2.75, 3.05) is 26.7 Å². The quantitative estimate of drug-likeness (QED) is 0.778. The Morgan fingerprint density at radius 2 is 2.17 bits per heavy atom. The predicted octanol–water partition coefficient (Wildman–Crippen LogP) is 1.04. The minimum atomic E-state index is -4.59. The Labute approximate surface area is 104 Å². The summed E-state index contributed by atoms with van der Waals surface area (Å²) in [5.41, 5.74) is 0. The molecule has 0 aromatic carbocycles. The number of hydrogen-bond donors (Lipinski definition) is 1. The van der Waals surface area contributed by atoms with Crippen molar-refractivity contribution in [3.05, 3.63) is 0 Å². The van der Waals surface area contributed by atoms with E-state index in [1.807, 2.05) is 0 Å². The van der Waals surface area contributed by atoms with Gasteiger partial charge < -0.3 is 14.7 Å². The van der Waals surface area contributed by atoms with Crippen LogP contribution in [0.25, 0.3) is 0 Å². The number of alkyl halides is 3. The molecule has 1 aliphatic rings. The molecule has 1 saturated heterocycles. The molecule has 0 unspecified atom stereocenters. The fraction of sp³-hybridized carbons (Fsp3) is 0.909. The number of esters is 1. The summed E-state index contributed by atoms with van der Waals surface area (Å²) in [5, 5.41) is 8.99. The van der Waals surface area contributed by atoms with Gasteiger partial charge >= 0.3 is 12.1 Å². The molecule has 4 nitrogen and oxygen atoms in total. The number of aliphatic hydroxyl groups is 1. The largest absolute Gasteiger partial charge is 0.469 e. The molecular formula is C11H18F3NO3. The minimum Gasteiger partial charge on any atom is -0.469 e. The molecule has 0 spiro atoms. The maximum atomic E-state index is 12.2. The lowest BCUT2D eigenvalue weighted by Gasteiger charge is -2.36. The Morgan fingerprint density at radius 3 is 2.61 bits per heavy atom. The van der Waals surface area contributed by atoms with Crippen molar-refractivity contribution in [3.8, 4) is 0 Å². The molecule has 1 aliphatic heterocycles. The number of ether oxygens (including phenoxy) is 1.